The van der Waals surface area contributed by atoms with Crippen molar-refractivity contribution in [2.45, 2.75) is 12.8 Å². The van der Waals surface area contributed by atoms with Gasteiger partial charge in [0.2, 0.25) is 12.3 Å². The van der Waals surface area contributed by atoms with Gasteiger partial charge in [-0.25, -0.2) is 0 Å². The van der Waals surface area contributed by atoms with Crippen LogP contribution in [-0.2, 0) is 16.0 Å². The van der Waals surface area contributed by atoms with Gasteiger partial charge in [0.05, 0.1) is 0 Å². The van der Waals surface area contributed by atoms with Gasteiger partial charge in [-0.2, -0.15) is 0 Å². The summed E-state index contributed by atoms with van der Waals surface area (Å²) in [4.78, 5) is 21.4. The zero-order chi connectivity index (χ0) is 9.97. The van der Waals surface area contributed by atoms with Crippen LogP contribution in [0, 0.1) is 0 Å². The molecular weight excluding hydrogens is 180 g/mol. The Morgan fingerprint density at radius 1 is 1.36 bits per heavy atom. The van der Waals surface area contributed by atoms with E-state index in [1.807, 2.05) is 12.1 Å². The Morgan fingerprint density at radius 3 is 3.00 bits per heavy atom. The molecule has 0 aromatic heterocycles. The van der Waals surface area contributed by atoms with Crippen LogP contribution in [0.15, 0.2) is 18.2 Å². The molecule has 0 fully saturated rings. The molecule has 1 aromatic carbocycles. The van der Waals surface area contributed by atoms with Crippen molar-refractivity contribution < 1.29 is 9.59 Å². The predicted molar refractivity (Wildman–Crippen MR) is 53.1 cm³/mol. The lowest BCUT2D eigenvalue weighted by molar-refractivity contribution is -0.116. The fourth-order valence-corrected chi connectivity index (χ4v) is 1.62. The lowest BCUT2D eigenvalue weighted by Gasteiger charge is -2.19. The highest BCUT2D eigenvalue weighted by atomic mass is 16.1. The molecule has 4 heteroatoms. The molecule has 72 valence electrons. The largest absolute Gasteiger partial charge is 0.328 e. The van der Waals surface area contributed by atoms with Crippen LogP contribution in [0.5, 0.6) is 0 Å². The van der Waals surface area contributed by atoms with Gasteiger partial charge in [0.25, 0.3) is 0 Å². The van der Waals surface area contributed by atoms with Crippen molar-refractivity contribution in [3.63, 3.8) is 0 Å². The van der Waals surface area contributed by atoms with Crippen LogP contribution in [0.4, 0.5) is 11.4 Å². The Labute approximate surface area is 81.3 Å². The Balaban J connectivity index is 2.40. The van der Waals surface area contributed by atoms with Crippen molar-refractivity contribution in [3.05, 3.63) is 23.8 Å². The number of carbonyl (C=O) groups excluding carboxylic acids is 2. The lowest BCUT2D eigenvalue weighted by Crippen LogP contribution is -2.19. The minimum Gasteiger partial charge on any atom is -0.328 e. The first kappa shape index (κ1) is 8.74. The van der Waals surface area contributed by atoms with E-state index in [9.17, 15) is 9.59 Å². The van der Waals surface area contributed by atoms with E-state index in [1.54, 1.807) is 6.07 Å². The average molecular weight is 190 g/mol. The molecule has 2 rings (SSSR count). The molecule has 1 aliphatic rings. The summed E-state index contributed by atoms with van der Waals surface area (Å²) in [7, 11) is 0. The molecule has 0 saturated heterocycles. The van der Waals surface area contributed by atoms with Gasteiger partial charge in [-0.1, -0.05) is 6.07 Å². The second-order valence-corrected chi connectivity index (χ2v) is 3.14. The number of carbonyl (C=O) groups is 2. The fraction of sp³-hybridized carbons (Fsp3) is 0.200. The van der Waals surface area contributed by atoms with E-state index in [0.717, 1.165) is 16.9 Å². The average Bonchev–Trinajstić information content (AvgIpc) is 2.18. The number of rotatable bonds is 2. The van der Waals surface area contributed by atoms with E-state index in [-0.39, 0.29) is 5.91 Å². The smallest absolute Gasteiger partial charge is 0.224 e. The fourth-order valence-electron chi connectivity index (χ4n) is 1.62. The van der Waals surface area contributed by atoms with Gasteiger partial charge in [-0.05, 0) is 24.1 Å². The van der Waals surface area contributed by atoms with Crippen molar-refractivity contribution in [1.29, 1.82) is 0 Å². The normalized spacial score (nSPS) is 14.1. The Bertz CT molecular complexity index is 373. The SMILES string of the molecule is O=CNc1cccc2c1CCC(=O)N2. The van der Waals surface area contributed by atoms with Gasteiger partial charge < -0.3 is 10.6 Å². The molecule has 1 aliphatic heterocycles. The monoisotopic (exact) mass is 190 g/mol. The molecule has 0 saturated carbocycles. The van der Waals surface area contributed by atoms with E-state index < -0.39 is 0 Å². The number of amides is 2. The number of benzene rings is 1. The highest BCUT2D eigenvalue weighted by Gasteiger charge is 2.16. The summed E-state index contributed by atoms with van der Waals surface area (Å²) in [5.74, 6) is 0.0285. The molecule has 2 amide bonds. The lowest BCUT2D eigenvalue weighted by atomic mass is 10.0. The van der Waals surface area contributed by atoms with E-state index in [4.69, 9.17) is 0 Å². The van der Waals surface area contributed by atoms with Crippen LogP contribution in [0.25, 0.3) is 0 Å². The molecule has 1 aromatic rings. The second kappa shape index (κ2) is 3.49. The maximum atomic E-state index is 11.1. The van der Waals surface area contributed by atoms with Crippen molar-refractivity contribution in [2.24, 2.45) is 0 Å². The topological polar surface area (TPSA) is 58.2 Å². The van der Waals surface area contributed by atoms with Crippen LogP contribution >= 0.6 is 0 Å². The second-order valence-electron chi connectivity index (χ2n) is 3.14. The van der Waals surface area contributed by atoms with Crippen molar-refractivity contribution >= 4 is 23.7 Å². The third kappa shape index (κ3) is 1.46. The molecule has 4 nitrogen and oxygen atoms in total. The predicted octanol–water partition coefficient (Wildman–Crippen LogP) is 1.14. The first-order valence-electron chi connectivity index (χ1n) is 4.43. The maximum absolute atomic E-state index is 11.1. The van der Waals surface area contributed by atoms with Crippen LogP contribution in [0.2, 0.25) is 0 Å². The van der Waals surface area contributed by atoms with Crippen molar-refractivity contribution in [1.82, 2.24) is 0 Å². The number of fused-ring (bicyclic) bond motifs is 1. The summed E-state index contributed by atoms with van der Waals surface area (Å²) in [6.45, 7) is 0. The van der Waals surface area contributed by atoms with E-state index >= 15 is 0 Å². The number of nitrogens with one attached hydrogen (secondary N) is 2. The van der Waals surface area contributed by atoms with Crippen molar-refractivity contribution in [2.75, 3.05) is 10.6 Å². The molecule has 0 radical (unpaired) electrons. The molecule has 14 heavy (non-hydrogen) atoms. The maximum Gasteiger partial charge on any atom is 0.224 e. The van der Waals surface area contributed by atoms with Gasteiger partial charge in [0.1, 0.15) is 0 Å². The molecular formula is C10H10N2O2. The third-order valence-corrected chi connectivity index (χ3v) is 2.27. The van der Waals surface area contributed by atoms with Gasteiger partial charge in [0, 0.05) is 17.8 Å². The standard InChI is InChI=1S/C10H10N2O2/c13-6-11-8-2-1-3-9-7(8)4-5-10(14)12-9/h1-3,6H,4-5H2,(H,11,13)(H,12,14). The highest BCUT2D eigenvalue weighted by molar-refractivity contribution is 5.95. The minimum atomic E-state index is 0.0285. The van der Waals surface area contributed by atoms with Gasteiger partial charge in [0.15, 0.2) is 0 Å². The highest BCUT2D eigenvalue weighted by Crippen LogP contribution is 2.28. The first-order chi connectivity index (χ1) is 6.81. The summed E-state index contributed by atoms with van der Waals surface area (Å²) in [6.07, 6.45) is 1.80. The zero-order valence-corrected chi connectivity index (χ0v) is 7.54. The first-order valence-corrected chi connectivity index (χ1v) is 4.43. The molecule has 0 bridgehead atoms. The van der Waals surface area contributed by atoms with Crippen LogP contribution in [0.3, 0.4) is 0 Å². The summed E-state index contributed by atoms with van der Waals surface area (Å²) >= 11 is 0. The Morgan fingerprint density at radius 2 is 2.21 bits per heavy atom. The Kier molecular flexibility index (Phi) is 2.18. The summed E-state index contributed by atoms with van der Waals surface area (Å²) in [6, 6.07) is 5.46. The van der Waals surface area contributed by atoms with Crippen LogP contribution in [0.1, 0.15) is 12.0 Å². The Hall–Kier alpha value is -1.84. The molecule has 0 unspecified atom stereocenters. The van der Waals surface area contributed by atoms with Gasteiger partial charge in [-0.15, -0.1) is 0 Å². The summed E-state index contributed by atoms with van der Waals surface area (Å²) < 4.78 is 0. The van der Waals surface area contributed by atoms with E-state index in [2.05, 4.69) is 10.6 Å². The third-order valence-electron chi connectivity index (χ3n) is 2.27. The summed E-state index contributed by atoms with van der Waals surface area (Å²) in [5.41, 5.74) is 2.57. The van der Waals surface area contributed by atoms with Gasteiger partial charge >= 0.3 is 0 Å². The minimum absolute atomic E-state index is 0.0285. The number of hydrogen-bond acceptors (Lipinski definition) is 2. The summed E-state index contributed by atoms with van der Waals surface area (Å²) in [5, 5.41) is 5.38. The van der Waals surface area contributed by atoms with E-state index in [0.29, 0.717) is 19.3 Å². The van der Waals surface area contributed by atoms with Crippen LogP contribution in [-0.4, -0.2) is 12.3 Å². The zero-order valence-electron chi connectivity index (χ0n) is 7.54. The van der Waals surface area contributed by atoms with Crippen LogP contribution < -0.4 is 10.6 Å². The molecule has 0 atom stereocenters. The number of hydrogen-bond donors (Lipinski definition) is 2. The quantitative estimate of drug-likeness (QED) is 0.687. The molecule has 0 aliphatic carbocycles. The van der Waals surface area contributed by atoms with Crippen molar-refractivity contribution in [3.8, 4) is 0 Å². The van der Waals surface area contributed by atoms with E-state index in [1.165, 1.54) is 0 Å². The molecule has 1 heterocycles. The molecule has 0 spiro atoms. The van der Waals surface area contributed by atoms with Gasteiger partial charge in [-0.3, -0.25) is 9.59 Å². The number of anilines is 2. The molecule has 2 N–H and O–H groups in total.